The number of ether oxygens (including phenoxy) is 4. The number of para-hydroxylation sites is 1. The van der Waals surface area contributed by atoms with Crippen molar-refractivity contribution in [2.45, 2.75) is 45.3 Å². The van der Waals surface area contributed by atoms with Gasteiger partial charge in [0.2, 0.25) is 0 Å². The fourth-order valence-electron chi connectivity index (χ4n) is 3.41. The molecule has 0 unspecified atom stereocenters. The molecule has 3 rings (SSSR count). The summed E-state index contributed by atoms with van der Waals surface area (Å²) in [6.07, 6.45) is -4.91. The smallest absolute Gasteiger partial charge is 0.303 e. The molecule has 1 saturated heterocycles. The van der Waals surface area contributed by atoms with Crippen LogP contribution in [0.1, 0.15) is 31.1 Å². The Kier molecular flexibility index (Phi) is 5.64. The molecule has 2 aliphatic rings. The van der Waals surface area contributed by atoms with Crippen molar-refractivity contribution < 1.29 is 42.9 Å². The predicted octanol–water partition coefficient (Wildman–Crippen LogP) is 0.367. The summed E-state index contributed by atoms with van der Waals surface area (Å²) in [4.78, 5) is 60.8. The summed E-state index contributed by atoms with van der Waals surface area (Å²) in [5, 5.41) is 0. The minimum atomic E-state index is -1.34. The summed E-state index contributed by atoms with van der Waals surface area (Å²) in [6, 6.07) is 6.28. The molecule has 0 aliphatic carbocycles. The molecule has 0 spiro atoms. The number of hydrogen-bond acceptors (Lipinski definition) is 9. The predicted molar refractivity (Wildman–Crippen MR) is 94.7 cm³/mol. The Hall–Kier alpha value is -3.27. The molecule has 29 heavy (non-hydrogen) atoms. The Morgan fingerprint density at radius 1 is 0.931 bits per heavy atom. The van der Waals surface area contributed by atoms with Gasteiger partial charge < -0.3 is 18.9 Å². The third-order valence-corrected chi connectivity index (χ3v) is 4.40. The molecule has 4 atom stereocenters. The van der Waals surface area contributed by atoms with E-state index in [4.69, 9.17) is 18.9 Å². The van der Waals surface area contributed by atoms with E-state index in [0.29, 0.717) is 0 Å². The first-order valence-electron chi connectivity index (χ1n) is 8.81. The lowest BCUT2D eigenvalue weighted by Crippen LogP contribution is -2.63. The zero-order valence-corrected chi connectivity index (χ0v) is 15.9. The molecular formula is C19H19NO9. The second kappa shape index (κ2) is 8.00. The molecule has 1 fully saturated rings. The number of fused-ring (bicyclic) bond motifs is 1. The minimum Gasteiger partial charge on any atom is -0.456 e. The fourth-order valence-corrected chi connectivity index (χ4v) is 3.41. The third kappa shape index (κ3) is 3.97. The molecule has 0 aromatic heterocycles. The Bertz CT molecular complexity index is 880. The number of rotatable bonds is 4. The maximum absolute atomic E-state index is 12.6. The van der Waals surface area contributed by atoms with Crippen molar-refractivity contribution in [1.29, 1.82) is 0 Å². The monoisotopic (exact) mass is 405 g/mol. The highest BCUT2D eigenvalue weighted by molar-refractivity contribution is 6.52. The molecule has 0 N–H and O–H groups in total. The van der Waals surface area contributed by atoms with Crippen LogP contribution in [-0.4, -0.2) is 60.7 Å². The van der Waals surface area contributed by atoms with Crippen LogP contribution in [0.2, 0.25) is 0 Å². The SMILES string of the molecule is CC(=O)O[C@@H]1[C@H](OC(C)=O)[C@H](OC(C)=O)CO[C@@H]1N1C(=O)C(=O)c2ccccc21. The van der Waals surface area contributed by atoms with Gasteiger partial charge >= 0.3 is 23.8 Å². The van der Waals surface area contributed by atoms with Crippen molar-refractivity contribution >= 4 is 35.3 Å². The van der Waals surface area contributed by atoms with Crippen molar-refractivity contribution in [3.8, 4) is 0 Å². The summed E-state index contributed by atoms with van der Waals surface area (Å²) in [5.41, 5.74) is 0.450. The number of carbonyl (C=O) groups excluding carboxylic acids is 5. The molecule has 2 heterocycles. The van der Waals surface area contributed by atoms with E-state index in [-0.39, 0.29) is 17.9 Å². The van der Waals surface area contributed by atoms with Gasteiger partial charge in [0.25, 0.3) is 5.78 Å². The van der Waals surface area contributed by atoms with Gasteiger partial charge in [0, 0.05) is 20.8 Å². The van der Waals surface area contributed by atoms with Gasteiger partial charge in [-0.15, -0.1) is 0 Å². The number of ketones is 1. The van der Waals surface area contributed by atoms with Crippen LogP contribution in [0.15, 0.2) is 24.3 Å². The average molecular weight is 405 g/mol. The second-order valence-corrected chi connectivity index (χ2v) is 6.54. The van der Waals surface area contributed by atoms with Gasteiger partial charge in [0.15, 0.2) is 24.5 Å². The Balaban J connectivity index is 2.02. The van der Waals surface area contributed by atoms with Crippen LogP contribution in [-0.2, 0) is 38.1 Å². The van der Waals surface area contributed by atoms with E-state index in [1.54, 1.807) is 18.2 Å². The average Bonchev–Trinajstić information content (AvgIpc) is 2.88. The van der Waals surface area contributed by atoms with E-state index in [9.17, 15) is 24.0 Å². The fraction of sp³-hybridized carbons (Fsp3) is 0.421. The van der Waals surface area contributed by atoms with Crippen LogP contribution in [0.3, 0.4) is 0 Å². The molecule has 10 heteroatoms. The third-order valence-electron chi connectivity index (χ3n) is 4.40. The van der Waals surface area contributed by atoms with Gasteiger partial charge in [0.1, 0.15) is 0 Å². The number of Topliss-reactive ketones (excluding diaryl/α,β-unsaturated/α-hetero) is 1. The van der Waals surface area contributed by atoms with Crippen LogP contribution in [0.25, 0.3) is 0 Å². The van der Waals surface area contributed by atoms with Gasteiger partial charge in [-0.2, -0.15) is 0 Å². The molecule has 10 nitrogen and oxygen atoms in total. The number of hydrogen-bond donors (Lipinski definition) is 0. The van der Waals surface area contributed by atoms with Gasteiger partial charge in [0.05, 0.1) is 17.9 Å². The summed E-state index contributed by atoms with van der Waals surface area (Å²) in [7, 11) is 0. The van der Waals surface area contributed by atoms with Crippen molar-refractivity contribution in [2.24, 2.45) is 0 Å². The molecule has 1 amide bonds. The van der Waals surface area contributed by atoms with E-state index < -0.39 is 54.1 Å². The Morgan fingerprint density at radius 3 is 2.14 bits per heavy atom. The van der Waals surface area contributed by atoms with Crippen LogP contribution in [0.5, 0.6) is 0 Å². The number of nitrogens with zero attached hydrogens (tertiary/aromatic N) is 1. The van der Waals surface area contributed by atoms with E-state index >= 15 is 0 Å². The molecule has 154 valence electrons. The van der Waals surface area contributed by atoms with Gasteiger partial charge in [-0.1, -0.05) is 12.1 Å². The van der Waals surface area contributed by atoms with Crippen LogP contribution in [0.4, 0.5) is 5.69 Å². The molecule has 1 aromatic rings. The van der Waals surface area contributed by atoms with Crippen LogP contribution < -0.4 is 4.90 Å². The molecule has 0 bridgehead atoms. The topological polar surface area (TPSA) is 126 Å². The lowest BCUT2D eigenvalue weighted by Gasteiger charge is -2.43. The largest absolute Gasteiger partial charge is 0.456 e. The number of anilines is 1. The maximum atomic E-state index is 12.6. The second-order valence-electron chi connectivity index (χ2n) is 6.54. The number of amides is 1. The molecular weight excluding hydrogens is 386 g/mol. The number of carbonyl (C=O) groups is 5. The quantitative estimate of drug-likeness (QED) is 0.397. The summed E-state index contributed by atoms with van der Waals surface area (Å²) in [6.45, 7) is 3.18. The van der Waals surface area contributed by atoms with E-state index in [0.717, 1.165) is 25.7 Å². The highest BCUT2D eigenvalue weighted by Gasteiger charge is 2.53. The first-order chi connectivity index (χ1) is 13.7. The van der Waals surface area contributed by atoms with Crippen LogP contribution >= 0.6 is 0 Å². The summed E-state index contributed by atoms with van der Waals surface area (Å²) < 4.78 is 21.4. The van der Waals surface area contributed by atoms with E-state index in [1.165, 1.54) is 6.07 Å². The van der Waals surface area contributed by atoms with Crippen molar-refractivity contribution in [3.63, 3.8) is 0 Å². The van der Waals surface area contributed by atoms with Crippen molar-refractivity contribution in [1.82, 2.24) is 0 Å². The number of benzene rings is 1. The highest BCUT2D eigenvalue weighted by Crippen LogP contribution is 2.35. The molecule has 1 aromatic carbocycles. The van der Waals surface area contributed by atoms with Gasteiger partial charge in [-0.05, 0) is 12.1 Å². The zero-order valence-electron chi connectivity index (χ0n) is 15.9. The first-order valence-corrected chi connectivity index (χ1v) is 8.81. The molecule has 0 saturated carbocycles. The van der Waals surface area contributed by atoms with Crippen molar-refractivity contribution in [2.75, 3.05) is 11.5 Å². The lowest BCUT2D eigenvalue weighted by molar-refractivity contribution is -0.225. The maximum Gasteiger partial charge on any atom is 0.303 e. The summed E-state index contributed by atoms with van der Waals surface area (Å²) >= 11 is 0. The zero-order chi connectivity index (χ0) is 21.3. The Labute approximate surface area is 165 Å². The molecule has 2 aliphatic heterocycles. The minimum absolute atomic E-state index is 0.175. The van der Waals surface area contributed by atoms with Crippen molar-refractivity contribution in [3.05, 3.63) is 29.8 Å². The normalized spacial score (nSPS) is 26.0. The highest BCUT2D eigenvalue weighted by atomic mass is 16.6. The number of esters is 3. The Morgan fingerprint density at radius 2 is 1.52 bits per heavy atom. The standard InChI is InChI=1S/C19H19NO9/c1-9(21)27-14-8-26-19(17(29-11(3)23)16(14)28-10(2)22)20-13-7-5-4-6-12(13)15(24)18(20)25/h4-7,14,16-17,19H,8H2,1-3H3/t14-,16-,17-,19+/m1/s1. The lowest BCUT2D eigenvalue weighted by atomic mass is 10.0. The van der Waals surface area contributed by atoms with Gasteiger partial charge in [-0.3, -0.25) is 28.9 Å². The van der Waals surface area contributed by atoms with Crippen LogP contribution in [0, 0.1) is 0 Å². The first kappa shape index (κ1) is 20.5. The van der Waals surface area contributed by atoms with Gasteiger partial charge in [-0.25, -0.2) is 0 Å². The van der Waals surface area contributed by atoms with E-state index in [1.807, 2.05) is 0 Å². The van der Waals surface area contributed by atoms with E-state index in [2.05, 4.69) is 0 Å². The molecule has 0 radical (unpaired) electrons. The summed E-state index contributed by atoms with van der Waals surface area (Å²) in [5.74, 6) is -3.73.